The summed E-state index contributed by atoms with van der Waals surface area (Å²) in [5, 5.41) is 0. The van der Waals surface area contributed by atoms with Crippen LogP contribution in [0.4, 0.5) is 0 Å². The first kappa shape index (κ1) is 11.9. The zero-order chi connectivity index (χ0) is 9.23. The van der Waals surface area contributed by atoms with E-state index in [4.69, 9.17) is 9.57 Å². The molecular formula is C9H21NO2. The van der Waals surface area contributed by atoms with Gasteiger partial charge < -0.3 is 9.57 Å². The molecule has 74 valence electrons. The Morgan fingerprint density at radius 1 is 1.33 bits per heavy atom. The number of ether oxygens (including phenoxy) is 1. The maximum atomic E-state index is 5.17. The highest BCUT2D eigenvalue weighted by molar-refractivity contribution is 4.39. The van der Waals surface area contributed by atoms with E-state index in [2.05, 4.69) is 19.3 Å². The molecule has 0 saturated carbocycles. The summed E-state index contributed by atoms with van der Waals surface area (Å²) in [6.45, 7) is 9.51. The molecule has 0 bridgehead atoms. The largest absolute Gasteiger partial charge is 0.382 e. The monoisotopic (exact) mass is 175 g/mol. The van der Waals surface area contributed by atoms with E-state index in [-0.39, 0.29) is 0 Å². The first-order valence-electron chi connectivity index (χ1n) is 4.69. The molecule has 12 heavy (non-hydrogen) atoms. The molecule has 1 N–H and O–H groups in total. The highest BCUT2D eigenvalue weighted by Gasteiger charge is 1.92. The second-order valence-electron chi connectivity index (χ2n) is 3.15. The van der Waals surface area contributed by atoms with Crippen molar-refractivity contribution in [2.45, 2.75) is 27.2 Å². The Hall–Kier alpha value is -0.120. The van der Waals surface area contributed by atoms with E-state index in [1.165, 1.54) is 0 Å². The van der Waals surface area contributed by atoms with E-state index in [0.29, 0.717) is 5.92 Å². The lowest BCUT2D eigenvalue weighted by Gasteiger charge is -2.07. The van der Waals surface area contributed by atoms with Gasteiger partial charge in [-0.3, -0.25) is 0 Å². The molecule has 0 unspecified atom stereocenters. The van der Waals surface area contributed by atoms with E-state index >= 15 is 0 Å². The number of rotatable bonds is 8. The fourth-order valence-electron chi connectivity index (χ4n) is 0.688. The molecule has 0 aromatic heterocycles. The lowest BCUT2D eigenvalue weighted by Crippen LogP contribution is -2.20. The normalized spacial score (nSPS) is 11.0. The second-order valence-corrected chi connectivity index (χ2v) is 3.15. The standard InChI is InChI=1S/C9H21NO2/c1-4-11-7-5-6-10-12-8-9(2)3/h9-10H,4-8H2,1-3H3. The molecule has 3 nitrogen and oxygen atoms in total. The maximum absolute atomic E-state index is 5.17. The minimum absolute atomic E-state index is 0.587. The molecule has 0 rings (SSSR count). The van der Waals surface area contributed by atoms with Crippen molar-refractivity contribution in [3.8, 4) is 0 Å². The molecule has 0 heterocycles. The fraction of sp³-hybridized carbons (Fsp3) is 1.00. The van der Waals surface area contributed by atoms with Crippen LogP contribution in [0.1, 0.15) is 27.2 Å². The lowest BCUT2D eigenvalue weighted by atomic mass is 10.2. The summed E-state index contributed by atoms with van der Waals surface area (Å²) in [5.74, 6) is 0.587. The Labute approximate surface area is 75.4 Å². The van der Waals surface area contributed by atoms with Gasteiger partial charge in [-0.15, -0.1) is 0 Å². The Bertz CT molecular complexity index is 86.6. The summed E-state index contributed by atoms with van der Waals surface area (Å²) in [7, 11) is 0. The average Bonchev–Trinajstić information content (AvgIpc) is 2.02. The van der Waals surface area contributed by atoms with Gasteiger partial charge in [-0.25, -0.2) is 5.48 Å². The molecule has 0 aliphatic heterocycles. The summed E-state index contributed by atoms with van der Waals surface area (Å²) >= 11 is 0. The van der Waals surface area contributed by atoms with Crippen LogP contribution in [-0.4, -0.2) is 26.4 Å². The van der Waals surface area contributed by atoms with Crippen molar-refractivity contribution < 1.29 is 9.57 Å². The molecule has 0 aromatic rings. The van der Waals surface area contributed by atoms with Crippen LogP contribution >= 0.6 is 0 Å². The first-order valence-corrected chi connectivity index (χ1v) is 4.69. The molecule has 0 aliphatic carbocycles. The number of nitrogens with one attached hydrogen (secondary N) is 1. The van der Waals surface area contributed by atoms with Gasteiger partial charge in [0, 0.05) is 19.8 Å². The van der Waals surface area contributed by atoms with E-state index in [1.807, 2.05) is 6.92 Å². The van der Waals surface area contributed by atoms with Gasteiger partial charge >= 0.3 is 0 Å². The molecule has 0 fully saturated rings. The number of hydrogen-bond donors (Lipinski definition) is 1. The topological polar surface area (TPSA) is 30.5 Å². The molecule has 0 amide bonds. The SMILES string of the molecule is CCOCCCNOCC(C)C. The summed E-state index contributed by atoms with van der Waals surface area (Å²) in [4.78, 5) is 5.17. The molecule has 0 radical (unpaired) electrons. The van der Waals surface area contributed by atoms with E-state index in [1.54, 1.807) is 0 Å². The quantitative estimate of drug-likeness (QED) is 0.449. The van der Waals surface area contributed by atoms with Crippen LogP contribution < -0.4 is 5.48 Å². The van der Waals surface area contributed by atoms with Crippen LogP contribution in [0.15, 0.2) is 0 Å². The highest BCUT2D eigenvalue weighted by atomic mass is 16.6. The Morgan fingerprint density at radius 2 is 2.08 bits per heavy atom. The van der Waals surface area contributed by atoms with Crippen molar-refractivity contribution in [3.05, 3.63) is 0 Å². The van der Waals surface area contributed by atoms with E-state index in [0.717, 1.165) is 32.8 Å². The predicted molar refractivity (Wildman–Crippen MR) is 49.9 cm³/mol. The van der Waals surface area contributed by atoms with Gasteiger partial charge in [-0.2, -0.15) is 0 Å². The molecule has 0 aliphatic rings. The summed E-state index contributed by atoms with van der Waals surface area (Å²) in [6.07, 6.45) is 1.01. The zero-order valence-corrected chi connectivity index (χ0v) is 8.43. The van der Waals surface area contributed by atoms with Gasteiger partial charge in [0.05, 0.1) is 6.61 Å². The molecule has 0 spiro atoms. The third-order valence-corrected chi connectivity index (χ3v) is 1.29. The van der Waals surface area contributed by atoms with E-state index < -0.39 is 0 Å². The third-order valence-electron chi connectivity index (χ3n) is 1.29. The Balaban J connectivity index is 2.82. The average molecular weight is 175 g/mol. The highest BCUT2D eigenvalue weighted by Crippen LogP contribution is 1.89. The summed E-state index contributed by atoms with van der Waals surface area (Å²) < 4.78 is 5.17. The van der Waals surface area contributed by atoms with Crippen molar-refractivity contribution in [1.82, 2.24) is 5.48 Å². The van der Waals surface area contributed by atoms with Gasteiger partial charge in [0.1, 0.15) is 0 Å². The zero-order valence-electron chi connectivity index (χ0n) is 8.43. The summed E-state index contributed by atoms with van der Waals surface area (Å²) in [5.41, 5.74) is 2.90. The molecular weight excluding hydrogens is 154 g/mol. The van der Waals surface area contributed by atoms with Crippen molar-refractivity contribution in [1.29, 1.82) is 0 Å². The van der Waals surface area contributed by atoms with Crippen LogP contribution in [0, 0.1) is 5.92 Å². The van der Waals surface area contributed by atoms with Gasteiger partial charge in [0.15, 0.2) is 0 Å². The Morgan fingerprint density at radius 3 is 2.67 bits per heavy atom. The molecule has 0 saturated heterocycles. The van der Waals surface area contributed by atoms with Gasteiger partial charge in [0.25, 0.3) is 0 Å². The first-order chi connectivity index (χ1) is 5.77. The Kier molecular flexibility index (Phi) is 8.88. The molecule has 3 heteroatoms. The third kappa shape index (κ3) is 9.88. The molecule has 0 aromatic carbocycles. The van der Waals surface area contributed by atoms with Crippen molar-refractivity contribution in [2.75, 3.05) is 26.4 Å². The maximum Gasteiger partial charge on any atom is 0.0705 e. The second kappa shape index (κ2) is 8.97. The minimum Gasteiger partial charge on any atom is -0.382 e. The molecule has 0 atom stereocenters. The summed E-state index contributed by atoms with van der Waals surface area (Å²) in [6, 6.07) is 0. The van der Waals surface area contributed by atoms with Gasteiger partial charge in [-0.1, -0.05) is 13.8 Å². The van der Waals surface area contributed by atoms with Crippen LogP contribution in [0.3, 0.4) is 0 Å². The van der Waals surface area contributed by atoms with Crippen LogP contribution in [0.2, 0.25) is 0 Å². The lowest BCUT2D eigenvalue weighted by molar-refractivity contribution is 0.0187. The van der Waals surface area contributed by atoms with Crippen LogP contribution in [0.5, 0.6) is 0 Å². The van der Waals surface area contributed by atoms with Crippen molar-refractivity contribution in [2.24, 2.45) is 5.92 Å². The van der Waals surface area contributed by atoms with Crippen LogP contribution in [-0.2, 0) is 9.57 Å². The van der Waals surface area contributed by atoms with Crippen molar-refractivity contribution >= 4 is 0 Å². The van der Waals surface area contributed by atoms with Gasteiger partial charge in [0.2, 0.25) is 0 Å². The van der Waals surface area contributed by atoms with Gasteiger partial charge in [-0.05, 0) is 19.3 Å². The van der Waals surface area contributed by atoms with E-state index in [9.17, 15) is 0 Å². The smallest absolute Gasteiger partial charge is 0.0705 e. The van der Waals surface area contributed by atoms with Crippen LogP contribution in [0.25, 0.3) is 0 Å². The predicted octanol–water partition coefficient (Wildman–Crippen LogP) is 1.59. The number of hydroxylamine groups is 1. The fourth-order valence-corrected chi connectivity index (χ4v) is 0.688. The minimum atomic E-state index is 0.587. The number of hydrogen-bond acceptors (Lipinski definition) is 3. The van der Waals surface area contributed by atoms with Crippen molar-refractivity contribution in [3.63, 3.8) is 0 Å².